The van der Waals surface area contributed by atoms with Gasteiger partial charge in [0.25, 0.3) is 0 Å². The Balaban J connectivity index is 0. The molecule has 0 aliphatic heterocycles. The van der Waals surface area contributed by atoms with Gasteiger partial charge in [0, 0.05) is 12.6 Å². The molecule has 1 heterocycles. The molecule has 1 aromatic rings. The van der Waals surface area contributed by atoms with Gasteiger partial charge in [0.05, 0.1) is 0 Å². The van der Waals surface area contributed by atoms with Crippen molar-refractivity contribution in [2.45, 2.75) is 6.42 Å². The quantitative estimate of drug-likeness (QED) is 0.434. The van der Waals surface area contributed by atoms with Crippen LogP contribution in [0.25, 0.3) is 0 Å². The zero-order valence-corrected chi connectivity index (χ0v) is 14.6. The molecule has 82 valence electrons. The SMILES string of the molecule is O=C(CCP(=O)([O-])[O-])Nc1ccccn1.[Na+].[Na+]. The standard InChI is InChI=1S/C8H11N2O4P.2Na/c11-8(4-6-15(12,13)14)10-7-3-1-2-5-9-7;;/h1-3,5H,4,6H2,(H,9,10,11)(H2,12,13,14);;/q;2*+1/p-2. The van der Waals surface area contributed by atoms with Crippen LogP contribution < -0.4 is 74.2 Å². The Morgan fingerprint density at radius 3 is 2.47 bits per heavy atom. The zero-order valence-electron chi connectivity index (χ0n) is 9.75. The van der Waals surface area contributed by atoms with Gasteiger partial charge >= 0.3 is 59.1 Å². The van der Waals surface area contributed by atoms with Crippen LogP contribution >= 0.6 is 7.60 Å². The van der Waals surface area contributed by atoms with Crippen LogP contribution in [-0.2, 0) is 9.36 Å². The molecule has 0 saturated carbocycles. The summed E-state index contributed by atoms with van der Waals surface area (Å²) >= 11 is 0. The maximum absolute atomic E-state index is 11.1. The Hall–Kier alpha value is 0.770. The monoisotopic (exact) mass is 274 g/mol. The van der Waals surface area contributed by atoms with Crippen molar-refractivity contribution in [1.82, 2.24) is 4.98 Å². The molecule has 0 aliphatic carbocycles. The van der Waals surface area contributed by atoms with Crippen LogP contribution in [0.5, 0.6) is 0 Å². The largest absolute Gasteiger partial charge is 1.00 e. The molecule has 0 saturated heterocycles. The van der Waals surface area contributed by atoms with E-state index in [1.807, 2.05) is 0 Å². The summed E-state index contributed by atoms with van der Waals surface area (Å²) in [6, 6.07) is 4.92. The fourth-order valence-electron chi connectivity index (χ4n) is 0.881. The van der Waals surface area contributed by atoms with Crippen LogP contribution in [0, 0.1) is 0 Å². The van der Waals surface area contributed by atoms with E-state index in [0.29, 0.717) is 5.82 Å². The first-order valence-electron chi connectivity index (χ1n) is 4.19. The van der Waals surface area contributed by atoms with E-state index in [0.717, 1.165) is 0 Å². The number of aromatic nitrogens is 1. The maximum Gasteiger partial charge on any atom is 1.00 e. The van der Waals surface area contributed by atoms with E-state index in [4.69, 9.17) is 0 Å². The Bertz CT molecular complexity index is 384. The van der Waals surface area contributed by atoms with Gasteiger partial charge in [-0.25, -0.2) is 4.98 Å². The third kappa shape index (κ3) is 10.4. The number of carbonyl (C=O) groups is 1. The Morgan fingerprint density at radius 1 is 1.35 bits per heavy atom. The minimum absolute atomic E-state index is 0. The van der Waals surface area contributed by atoms with Gasteiger partial charge in [-0.1, -0.05) is 13.7 Å². The van der Waals surface area contributed by atoms with Gasteiger partial charge in [-0.15, -0.1) is 0 Å². The molecule has 0 aromatic carbocycles. The molecule has 0 unspecified atom stereocenters. The molecular weight excluding hydrogens is 265 g/mol. The van der Waals surface area contributed by atoms with Crippen LogP contribution in [0.2, 0.25) is 0 Å². The van der Waals surface area contributed by atoms with Crippen LogP contribution in [0.15, 0.2) is 24.4 Å². The molecule has 17 heavy (non-hydrogen) atoms. The molecule has 1 amide bonds. The topological polar surface area (TPSA) is 105 Å². The molecule has 0 bridgehead atoms. The van der Waals surface area contributed by atoms with Crippen LogP contribution in [-0.4, -0.2) is 17.1 Å². The van der Waals surface area contributed by atoms with Gasteiger partial charge in [0.15, 0.2) is 0 Å². The van der Waals surface area contributed by atoms with Crippen molar-refractivity contribution in [1.29, 1.82) is 0 Å². The van der Waals surface area contributed by atoms with E-state index < -0.39 is 19.7 Å². The summed E-state index contributed by atoms with van der Waals surface area (Å²) in [4.78, 5) is 35.4. The first-order chi connectivity index (χ1) is 6.97. The smallest absolute Gasteiger partial charge is 0.811 e. The second-order valence-electron chi connectivity index (χ2n) is 2.85. The fraction of sp³-hybridized carbons (Fsp3) is 0.250. The molecule has 9 heteroatoms. The van der Waals surface area contributed by atoms with E-state index in [2.05, 4.69) is 10.3 Å². The summed E-state index contributed by atoms with van der Waals surface area (Å²) < 4.78 is 10.3. The molecule has 0 fully saturated rings. The molecule has 0 aliphatic rings. The van der Waals surface area contributed by atoms with E-state index in [9.17, 15) is 19.1 Å². The normalized spacial score (nSPS) is 9.76. The van der Waals surface area contributed by atoms with Crippen LogP contribution in [0.3, 0.4) is 0 Å². The Labute approximate surface area is 143 Å². The minimum Gasteiger partial charge on any atom is -0.811 e. The third-order valence-electron chi connectivity index (χ3n) is 1.55. The molecule has 0 spiro atoms. The van der Waals surface area contributed by atoms with Gasteiger partial charge in [-0.3, -0.25) is 4.79 Å². The van der Waals surface area contributed by atoms with Crippen molar-refractivity contribution < 1.29 is 78.3 Å². The van der Waals surface area contributed by atoms with Crippen molar-refractivity contribution >= 4 is 19.3 Å². The van der Waals surface area contributed by atoms with Crippen molar-refractivity contribution in [3.05, 3.63) is 24.4 Å². The summed E-state index contributed by atoms with van der Waals surface area (Å²) in [6.45, 7) is 0. The zero-order chi connectivity index (χ0) is 11.3. The number of nitrogens with zero attached hydrogens (tertiary/aromatic N) is 1. The number of amides is 1. The molecular formula is C8H9N2Na2O4P. The Morgan fingerprint density at radius 2 is 2.00 bits per heavy atom. The van der Waals surface area contributed by atoms with E-state index in [1.165, 1.54) is 6.20 Å². The number of hydrogen-bond acceptors (Lipinski definition) is 5. The predicted octanol–water partition coefficient (Wildman–Crippen LogP) is -6.67. The molecule has 1 N–H and O–H groups in total. The van der Waals surface area contributed by atoms with E-state index in [1.54, 1.807) is 18.2 Å². The van der Waals surface area contributed by atoms with Crippen LogP contribution in [0.1, 0.15) is 6.42 Å². The van der Waals surface area contributed by atoms with Crippen LogP contribution in [0.4, 0.5) is 5.82 Å². The summed E-state index contributed by atoms with van der Waals surface area (Å²) in [7, 11) is -4.61. The van der Waals surface area contributed by atoms with Gasteiger partial charge in [-0.2, -0.15) is 0 Å². The second kappa shape index (κ2) is 9.67. The average molecular weight is 274 g/mol. The number of anilines is 1. The second-order valence-corrected chi connectivity index (χ2v) is 4.52. The number of rotatable bonds is 4. The van der Waals surface area contributed by atoms with Gasteiger partial charge in [0.2, 0.25) is 5.91 Å². The van der Waals surface area contributed by atoms with Crippen molar-refractivity contribution in [2.75, 3.05) is 11.5 Å². The van der Waals surface area contributed by atoms with E-state index >= 15 is 0 Å². The summed E-state index contributed by atoms with van der Waals surface area (Å²) in [5.74, 6) is -0.213. The van der Waals surface area contributed by atoms with Gasteiger partial charge in [-0.05, 0) is 18.3 Å². The first-order valence-corrected chi connectivity index (χ1v) is 5.92. The number of pyridine rings is 1. The summed E-state index contributed by atoms with van der Waals surface area (Å²) in [5, 5.41) is 2.37. The van der Waals surface area contributed by atoms with E-state index in [-0.39, 0.29) is 65.5 Å². The molecule has 6 nitrogen and oxygen atoms in total. The minimum atomic E-state index is -4.61. The average Bonchev–Trinajstić information content (AvgIpc) is 2.15. The van der Waals surface area contributed by atoms with Gasteiger partial charge in [0.1, 0.15) is 5.82 Å². The summed E-state index contributed by atoms with van der Waals surface area (Å²) in [5.41, 5.74) is 0. The molecule has 0 atom stereocenters. The first kappa shape index (κ1) is 20.1. The predicted molar refractivity (Wildman–Crippen MR) is 50.0 cm³/mol. The third-order valence-corrected chi connectivity index (χ3v) is 2.32. The molecule has 1 rings (SSSR count). The van der Waals surface area contributed by atoms with Crippen molar-refractivity contribution in [3.8, 4) is 0 Å². The van der Waals surface area contributed by atoms with Gasteiger partial charge < -0.3 is 19.7 Å². The number of hydrogen-bond donors (Lipinski definition) is 1. The van der Waals surface area contributed by atoms with Crippen molar-refractivity contribution in [2.24, 2.45) is 0 Å². The Kier molecular flexibility index (Phi) is 11.4. The number of carbonyl (C=O) groups excluding carboxylic acids is 1. The van der Waals surface area contributed by atoms with Crippen molar-refractivity contribution in [3.63, 3.8) is 0 Å². The summed E-state index contributed by atoms with van der Waals surface area (Å²) in [6.07, 6.45) is 0.466. The fourth-order valence-corrected chi connectivity index (χ4v) is 1.36. The molecule has 1 aromatic heterocycles. The molecule has 0 radical (unpaired) electrons. The number of nitrogens with one attached hydrogen (secondary N) is 1. The maximum atomic E-state index is 11.1.